The first-order valence-corrected chi connectivity index (χ1v) is 5.20. The van der Waals surface area contributed by atoms with Gasteiger partial charge in [0.2, 0.25) is 0 Å². The van der Waals surface area contributed by atoms with Crippen LogP contribution in [0, 0.1) is 11.3 Å². The SMILES string of the molecule is CCC[C@H](N)c1cc(C#N)cc(OC)c1O. The van der Waals surface area contributed by atoms with Crippen LogP contribution >= 0.6 is 0 Å². The lowest BCUT2D eigenvalue weighted by molar-refractivity contribution is 0.367. The van der Waals surface area contributed by atoms with E-state index in [9.17, 15) is 5.11 Å². The molecule has 86 valence electrons. The third-order valence-electron chi connectivity index (χ3n) is 2.45. The van der Waals surface area contributed by atoms with E-state index >= 15 is 0 Å². The van der Waals surface area contributed by atoms with Crippen molar-refractivity contribution in [2.75, 3.05) is 7.11 Å². The number of ether oxygens (including phenoxy) is 1. The molecule has 1 atom stereocenters. The fourth-order valence-electron chi connectivity index (χ4n) is 1.60. The molecule has 16 heavy (non-hydrogen) atoms. The highest BCUT2D eigenvalue weighted by molar-refractivity contribution is 5.52. The molecule has 0 spiro atoms. The predicted octanol–water partition coefficient (Wildman–Crippen LogP) is 2.07. The lowest BCUT2D eigenvalue weighted by Crippen LogP contribution is -2.10. The van der Waals surface area contributed by atoms with Gasteiger partial charge in [-0.15, -0.1) is 0 Å². The summed E-state index contributed by atoms with van der Waals surface area (Å²) in [7, 11) is 1.45. The number of methoxy groups -OCH3 is 1. The van der Waals surface area contributed by atoms with Crippen molar-refractivity contribution in [3.8, 4) is 17.6 Å². The van der Waals surface area contributed by atoms with E-state index in [4.69, 9.17) is 15.7 Å². The average Bonchev–Trinajstić information content (AvgIpc) is 2.29. The molecule has 0 bridgehead atoms. The van der Waals surface area contributed by atoms with Gasteiger partial charge in [0.25, 0.3) is 0 Å². The number of phenolic OH excluding ortho intramolecular Hbond substituents is 1. The molecule has 0 aromatic heterocycles. The Labute approximate surface area is 95.3 Å². The van der Waals surface area contributed by atoms with E-state index in [-0.39, 0.29) is 11.8 Å². The van der Waals surface area contributed by atoms with E-state index in [0.717, 1.165) is 12.8 Å². The highest BCUT2D eigenvalue weighted by Gasteiger charge is 2.15. The van der Waals surface area contributed by atoms with Gasteiger partial charge >= 0.3 is 0 Å². The molecule has 1 aromatic rings. The Bertz CT molecular complexity index is 410. The van der Waals surface area contributed by atoms with Gasteiger partial charge < -0.3 is 15.6 Å². The quantitative estimate of drug-likeness (QED) is 0.814. The van der Waals surface area contributed by atoms with E-state index in [1.54, 1.807) is 6.07 Å². The first-order chi connectivity index (χ1) is 7.63. The molecule has 4 nitrogen and oxygen atoms in total. The van der Waals surface area contributed by atoms with Crippen molar-refractivity contribution < 1.29 is 9.84 Å². The molecular weight excluding hydrogens is 204 g/mol. The number of nitrogens with zero attached hydrogens (tertiary/aromatic N) is 1. The van der Waals surface area contributed by atoms with Crippen molar-refractivity contribution in [2.45, 2.75) is 25.8 Å². The van der Waals surface area contributed by atoms with Crippen LogP contribution in [-0.4, -0.2) is 12.2 Å². The molecule has 0 saturated heterocycles. The summed E-state index contributed by atoms with van der Waals surface area (Å²) >= 11 is 0. The molecule has 1 rings (SSSR count). The first-order valence-electron chi connectivity index (χ1n) is 5.20. The number of hydrogen-bond acceptors (Lipinski definition) is 4. The normalized spacial score (nSPS) is 11.9. The summed E-state index contributed by atoms with van der Waals surface area (Å²) in [5.74, 6) is 0.322. The summed E-state index contributed by atoms with van der Waals surface area (Å²) in [6, 6.07) is 4.86. The molecule has 0 fully saturated rings. The lowest BCUT2D eigenvalue weighted by Gasteiger charge is -2.15. The minimum atomic E-state index is -0.271. The molecule has 0 aliphatic heterocycles. The number of rotatable bonds is 4. The fraction of sp³-hybridized carbons (Fsp3) is 0.417. The zero-order chi connectivity index (χ0) is 12.1. The van der Waals surface area contributed by atoms with Crippen molar-refractivity contribution in [3.63, 3.8) is 0 Å². The number of phenols is 1. The fourth-order valence-corrected chi connectivity index (χ4v) is 1.60. The second-order valence-electron chi connectivity index (χ2n) is 3.62. The summed E-state index contributed by atoms with van der Waals surface area (Å²) < 4.78 is 5.00. The van der Waals surface area contributed by atoms with Crippen LogP contribution in [0.3, 0.4) is 0 Å². The standard InChI is InChI=1S/C12H16N2O2/c1-3-4-10(14)9-5-8(7-13)6-11(16-2)12(9)15/h5-6,10,15H,3-4,14H2,1-2H3/t10-/m0/s1. The summed E-state index contributed by atoms with van der Waals surface area (Å²) in [4.78, 5) is 0. The minimum absolute atomic E-state index is 0.0300. The zero-order valence-electron chi connectivity index (χ0n) is 9.53. The number of nitrogens with two attached hydrogens (primary N) is 1. The Kier molecular flexibility index (Phi) is 4.15. The Hall–Kier alpha value is -1.73. The van der Waals surface area contributed by atoms with Gasteiger partial charge in [0.15, 0.2) is 11.5 Å². The van der Waals surface area contributed by atoms with Crippen LogP contribution in [0.1, 0.15) is 36.9 Å². The summed E-state index contributed by atoms with van der Waals surface area (Å²) in [6.07, 6.45) is 1.67. The van der Waals surface area contributed by atoms with Crippen molar-refractivity contribution in [1.29, 1.82) is 5.26 Å². The van der Waals surface area contributed by atoms with E-state index in [0.29, 0.717) is 16.9 Å². The van der Waals surface area contributed by atoms with E-state index in [1.807, 2.05) is 13.0 Å². The molecule has 3 N–H and O–H groups in total. The Balaban J connectivity index is 3.21. The van der Waals surface area contributed by atoms with Gasteiger partial charge in [-0.2, -0.15) is 5.26 Å². The molecule has 0 radical (unpaired) electrons. The lowest BCUT2D eigenvalue weighted by atomic mass is 9.99. The van der Waals surface area contributed by atoms with Gasteiger partial charge in [0.05, 0.1) is 18.7 Å². The summed E-state index contributed by atoms with van der Waals surface area (Å²) in [5, 5.41) is 18.7. The smallest absolute Gasteiger partial charge is 0.162 e. The van der Waals surface area contributed by atoms with Gasteiger partial charge in [-0.1, -0.05) is 13.3 Å². The first kappa shape index (κ1) is 12.3. The second kappa shape index (κ2) is 5.38. The number of aromatic hydroxyl groups is 1. The van der Waals surface area contributed by atoms with Gasteiger partial charge in [-0.3, -0.25) is 0 Å². The van der Waals surface area contributed by atoms with Crippen molar-refractivity contribution >= 4 is 0 Å². The largest absolute Gasteiger partial charge is 0.504 e. The van der Waals surface area contributed by atoms with Gasteiger partial charge in [-0.25, -0.2) is 0 Å². The van der Waals surface area contributed by atoms with Crippen molar-refractivity contribution in [1.82, 2.24) is 0 Å². The van der Waals surface area contributed by atoms with Crippen LogP contribution in [0.4, 0.5) is 0 Å². The number of nitriles is 1. The van der Waals surface area contributed by atoms with E-state index in [2.05, 4.69) is 0 Å². The predicted molar refractivity (Wildman–Crippen MR) is 61.2 cm³/mol. The van der Waals surface area contributed by atoms with Crippen LogP contribution in [0.15, 0.2) is 12.1 Å². The third-order valence-corrected chi connectivity index (χ3v) is 2.45. The number of benzene rings is 1. The molecule has 0 aliphatic carbocycles. The minimum Gasteiger partial charge on any atom is -0.504 e. The molecule has 0 aliphatic rings. The van der Waals surface area contributed by atoms with Gasteiger partial charge in [0, 0.05) is 17.7 Å². The maximum Gasteiger partial charge on any atom is 0.162 e. The van der Waals surface area contributed by atoms with E-state index < -0.39 is 0 Å². The van der Waals surface area contributed by atoms with Gasteiger partial charge in [0.1, 0.15) is 0 Å². The molecule has 0 unspecified atom stereocenters. The molecule has 4 heteroatoms. The van der Waals surface area contributed by atoms with Gasteiger partial charge in [-0.05, 0) is 12.5 Å². The zero-order valence-corrected chi connectivity index (χ0v) is 9.53. The molecule has 0 saturated carbocycles. The maximum absolute atomic E-state index is 9.89. The monoisotopic (exact) mass is 220 g/mol. The van der Waals surface area contributed by atoms with Crippen LogP contribution in [0.25, 0.3) is 0 Å². The maximum atomic E-state index is 9.89. The molecular formula is C12H16N2O2. The van der Waals surface area contributed by atoms with Crippen LogP contribution in [0.2, 0.25) is 0 Å². The third kappa shape index (κ3) is 2.44. The van der Waals surface area contributed by atoms with E-state index in [1.165, 1.54) is 13.2 Å². The molecule has 1 aromatic carbocycles. The average molecular weight is 220 g/mol. The highest BCUT2D eigenvalue weighted by Crippen LogP contribution is 2.35. The Morgan fingerprint density at radius 2 is 2.25 bits per heavy atom. The van der Waals surface area contributed by atoms with Crippen LogP contribution in [0.5, 0.6) is 11.5 Å². The summed E-state index contributed by atoms with van der Waals surface area (Å²) in [6.45, 7) is 2.02. The topological polar surface area (TPSA) is 79.3 Å². The van der Waals surface area contributed by atoms with Crippen LogP contribution in [-0.2, 0) is 0 Å². The highest BCUT2D eigenvalue weighted by atomic mass is 16.5. The van der Waals surface area contributed by atoms with Crippen molar-refractivity contribution in [3.05, 3.63) is 23.3 Å². The van der Waals surface area contributed by atoms with Crippen molar-refractivity contribution in [2.24, 2.45) is 5.73 Å². The Morgan fingerprint density at radius 1 is 1.56 bits per heavy atom. The Morgan fingerprint density at radius 3 is 2.75 bits per heavy atom. The molecule has 0 amide bonds. The number of hydrogen-bond donors (Lipinski definition) is 2. The summed E-state index contributed by atoms with van der Waals surface area (Å²) in [5.41, 5.74) is 6.94. The molecule has 0 heterocycles. The second-order valence-corrected chi connectivity index (χ2v) is 3.62. The van der Waals surface area contributed by atoms with Crippen LogP contribution < -0.4 is 10.5 Å².